The summed E-state index contributed by atoms with van der Waals surface area (Å²) < 4.78 is 0. The molecule has 0 spiro atoms. The number of hydrogen-bond acceptors (Lipinski definition) is 4. The summed E-state index contributed by atoms with van der Waals surface area (Å²) in [5, 5.41) is 10.3. The minimum Gasteiger partial charge on any atom is -0.384 e. The molecule has 1 aromatic rings. The molecule has 0 bridgehead atoms. The van der Waals surface area contributed by atoms with E-state index >= 15 is 0 Å². The predicted octanol–water partition coefficient (Wildman–Crippen LogP) is 1.64. The van der Waals surface area contributed by atoms with E-state index in [9.17, 15) is 0 Å². The van der Waals surface area contributed by atoms with Gasteiger partial charge in [-0.05, 0) is 13.0 Å². The largest absolute Gasteiger partial charge is 0.384 e. The Balaban J connectivity index is 2.91. The fourth-order valence-corrected chi connectivity index (χ4v) is 1.84. The van der Waals surface area contributed by atoms with E-state index in [4.69, 9.17) is 11.1 Å². The van der Waals surface area contributed by atoms with Crippen molar-refractivity contribution in [2.75, 3.05) is 11.9 Å². The Morgan fingerprint density at radius 1 is 1.75 bits per heavy atom. The van der Waals surface area contributed by atoms with E-state index in [0.29, 0.717) is 6.54 Å². The van der Waals surface area contributed by atoms with Gasteiger partial charge in [0.1, 0.15) is 0 Å². The summed E-state index contributed by atoms with van der Waals surface area (Å²) in [7, 11) is 0. The van der Waals surface area contributed by atoms with Crippen molar-refractivity contribution < 1.29 is 0 Å². The number of rotatable bonds is 4. The van der Waals surface area contributed by atoms with Crippen molar-refractivity contribution in [2.45, 2.75) is 13.5 Å². The first kappa shape index (κ1) is 9.22. The molecule has 1 aromatic heterocycles. The van der Waals surface area contributed by atoms with Crippen LogP contribution in [0.25, 0.3) is 0 Å². The fourth-order valence-electron chi connectivity index (χ4n) is 0.994. The molecular formula is C8H13N3S. The Kier molecular flexibility index (Phi) is 3.25. The van der Waals surface area contributed by atoms with Crippen LogP contribution >= 0.6 is 11.3 Å². The Morgan fingerprint density at radius 2 is 2.50 bits per heavy atom. The lowest BCUT2D eigenvalue weighted by atomic mass is 10.3. The molecule has 0 unspecified atom stereocenters. The molecule has 4 heteroatoms. The molecule has 1 rings (SSSR count). The summed E-state index contributed by atoms with van der Waals surface area (Å²) in [5.41, 5.74) is 6.52. The van der Waals surface area contributed by atoms with Crippen molar-refractivity contribution in [1.29, 1.82) is 5.41 Å². The van der Waals surface area contributed by atoms with E-state index in [2.05, 4.69) is 5.32 Å². The van der Waals surface area contributed by atoms with Gasteiger partial charge in [-0.1, -0.05) is 0 Å². The van der Waals surface area contributed by atoms with Crippen LogP contribution in [0, 0.1) is 5.41 Å². The van der Waals surface area contributed by atoms with Crippen LogP contribution < -0.4 is 11.1 Å². The number of anilines is 1. The number of nitrogens with one attached hydrogen (secondary N) is 2. The van der Waals surface area contributed by atoms with Gasteiger partial charge in [0.2, 0.25) is 0 Å². The summed E-state index contributed by atoms with van der Waals surface area (Å²) in [6.07, 6.45) is 1.36. The van der Waals surface area contributed by atoms with Gasteiger partial charge in [0.25, 0.3) is 0 Å². The van der Waals surface area contributed by atoms with Crippen molar-refractivity contribution in [2.24, 2.45) is 5.73 Å². The number of nitrogens with two attached hydrogens (primary N) is 1. The zero-order chi connectivity index (χ0) is 8.97. The van der Waals surface area contributed by atoms with Crippen LogP contribution in [0.1, 0.15) is 16.7 Å². The SMILES string of the molecule is CCNc1cc(CN)sc1C=N. The van der Waals surface area contributed by atoms with Gasteiger partial charge in [-0.25, -0.2) is 0 Å². The van der Waals surface area contributed by atoms with E-state index < -0.39 is 0 Å². The highest BCUT2D eigenvalue weighted by molar-refractivity contribution is 7.14. The van der Waals surface area contributed by atoms with Crippen LogP contribution in [-0.2, 0) is 6.54 Å². The van der Waals surface area contributed by atoms with Gasteiger partial charge in [0.15, 0.2) is 0 Å². The minimum atomic E-state index is 0.552. The zero-order valence-electron chi connectivity index (χ0n) is 7.05. The van der Waals surface area contributed by atoms with E-state index in [1.54, 1.807) is 11.3 Å². The Morgan fingerprint density at radius 3 is 3.00 bits per heavy atom. The van der Waals surface area contributed by atoms with Crippen LogP contribution in [0.3, 0.4) is 0 Å². The second-order valence-corrected chi connectivity index (χ2v) is 3.54. The third-order valence-electron chi connectivity index (χ3n) is 1.51. The van der Waals surface area contributed by atoms with E-state index in [1.807, 2.05) is 13.0 Å². The van der Waals surface area contributed by atoms with Gasteiger partial charge in [-0.15, -0.1) is 11.3 Å². The molecule has 1 heterocycles. The van der Waals surface area contributed by atoms with E-state index in [1.165, 1.54) is 6.21 Å². The van der Waals surface area contributed by atoms with Gasteiger partial charge < -0.3 is 16.5 Å². The van der Waals surface area contributed by atoms with Gasteiger partial charge in [-0.3, -0.25) is 0 Å². The molecule has 0 saturated heterocycles. The van der Waals surface area contributed by atoms with Crippen LogP contribution in [-0.4, -0.2) is 12.8 Å². The molecule has 0 fully saturated rings. The third kappa shape index (κ3) is 1.84. The maximum atomic E-state index is 7.16. The van der Waals surface area contributed by atoms with Gasteiger partial charge in [-0.2, -0.15) is 0 Å². The summed E-state index contributed by atoms with van der Waals surface area (Å²) in [6, 6.07) is 2.01. The van der Waals surface area contributed by atoms with Gasteiger partial charge in [0.05, 0.1) is 10.6 Å². The highest BCUT2D eigenvalue weighted by atomic mass is 32.1. The second-order valence-electron chi connectivity index (χ2n) is 2.37. The van der Waals surface area contributed by atoms with Crippen molar-refractivity contribution in [3.63, 3.8) is 0 Å². The van der Waals surface area contributed by atoms with Crippen LogP contribution in [0.2, 0.25) is 0 Å². The first-order chi connectivity index (χ1) is 5.81. The number of hydrogen-bond donors (Lipinski definition) is 3. The molecule has 0 aliphatic carbocycles. The third-order valence-corrected chi connectivity index (χ3v) is 2.62. The molecule has 4 N–H and O–H groups in total. The zero-order valence-corrected chi connectivity index (χ0v) is 7.87. The fraction of sp³-hybridized carbons (Fsp3) is 0.375. The second kappa shape index (κ2) is 4.23. The number of thiophene rings is 1. The first-order valence-corrected chi connectivity index (χ1v) is 4.70. The smallest absolute Gasteiger partial charge is 0.0680 e. The molecule has 0 saturated carbocycles. The van der Waals surface area contributed by atoms with Crippen molar-refractivity contribution >= 4 is 23.2 Å². The van der Waals surface area contributed by atoms with Crippen LogP contribution in [0.4, 0.5) is 5.69 Å². The summed E-state index contributed by atoms with van der Waals surface area (Å²) in [5.74, 6) is 0. The van der Waals surface area contributed by atoms with Crippen molar-refractivity contribution in [3.8, 4) is 0 Å². The predicted molar refractivity (Wildman–Crippen MR) is 54.3 cm³/mol. The Labute approximate surface area is 76.1 Å². The average molecular weight is 183 g/mol. The highest BCUT2D eigenvalue weighted by Gasteiger charge is 2.04. The lowest BCUT2D eigenvalue weighted by molar-refractivity contribution is 1.11. The standard InChI is InChI=1S/C8H13N3S/c1-2-11-7-3-6(4-9)12-8(7)5-10/h3,5,10-11H,2,4,9H2,1H3. The summed E-state index contributed by atoms with van der Waals surface area (Å²) in [4.78, 5) is 2.07. The molecule has 0 radical (unpaired) electrons. The van der Waals surface area contributed by atoms with E-state index in [0.717, 1.165) is 22.0 Å². The maximum absolute atomic E-state index is 7.16. The van der Waals surface area contributed by atoms with E-state index in [-0.39, 0.29) is 0 Å². The molecule has 12 heavy (non-hydrogen) atoms. The lowest BCUT2D eigenvalue weighted by Gasteiger charge is -1.98. The molecule has 0 atom stereocenters. The molecule has 3 nitrogen and oxygen atoms in total. The summed E-state index contributed by atoms with van der Waals surface area (Å²) in [6.45, 7) is 3.46. The van der Waals surface area contributed by atoms with Gasteiger partial charge in [0, 0.05) is 24.2 Å². The normalized spacial score (nSPS) is 9.83. The highest BCUT2D eigenvalue weighted by Crippen LogP contribution is 2.24. The molecule has 0 aliphatic heterocycles. The minimum absolute atomic E-state index is 0.552. The van der Waals surface area contributed by atoms with Crippen LogP contribution in [0.5, 0.6) is 0 Å². The Bertz CT molecular complexity index is 267. The molecule has 0 aromatic carbocycles. The monoisotopic (exact) mass is 183 g/mol. The quantitative estimate of drug-likeness (QED) is 0.621. The Hall–Kier alpha value is -0.870. The van der Waals surface area contributed by atoms with Gasteiger partial charge >= 0.3 is 0 Å². The van der Waals surface area contributed by atoms with Crippen molar-refractivity contribution in [3.05, 3.63) is 15.8 Å². The molecule has 66 valence electrons. The topological polar surface area (TPSA) is 61.9 Å². The molecular weight excluding hydrogens is 170 g/mol. The lowest BCUT2D eigenvalue weighted by Crippen LogP contribution is -1.97. The molecule has 0 aliphatic rings. The maximum Gasteiger partial charge on any atom is 0.0680 e. The molecule has 0 amide bonds. The van der Waals surface area contributed by atoms with Crippen LogP contribution in [0.15, 0.2) is 6.07 Å². The average Bonchev–Trinajstić information content (AvgIpc) is 2.48. The first-order valence-electron chi connectivity index (χ1n) is 3.89. The van der Waals surface area contributed by atoms with Crippen molar-refractivity contribution in [1.82, 2.24) is 0 Å². The summed E-state index contributed by atoms with van der Waals surface area (Å²) >= 11 is 1.57.